The Hall–Kier alpha value is -0.940. The summed E-state index contributed by atoms with van der Waals surface area (Å²) in [4.78, 5) is 15.3. The van der Waals surface area contributed by atoms with Gasteiger partial charge in [0.15, 0.2) is 0 Å². The molecule has 1 aromatic heterocycles. The molecular formula is C10H12BrN3O. The van der Waals surface area contributed by atoms with Crippen LogP contribution in [-0.4, -0.2) is 16.9 Å². The fourth-order valence-corrected chi connectivity index (χ4v) is 2.13. The third-order valence-electron chi connectivity index (χ3n) is 2.53. The normalized spacial score (nSPS) is 26.1. The van der Waals surface area contributed by atoms with Gasteiger partial charge in [-0.2, -0.15) is 0 Å². The summed E-state index contributed by atoms with van der Waals surface area (Å²) in [5.74, 6) is 0.0571. The number of aromatic nitrogens is 1. The molecule has 0 saturated carbocycles. The lowest BCUT2D eigenvalue weighted by molar-refractivity contribution is -0.123. The van der Waals surface area contributed by atoms with E-state index in [0.29, 0.717) is 6.42 Å². The molecule has 80 valence electrons. The van der Waals surface area contributed by atoms with Crippen LogP contribution in [-0.2, 0) is 4.79 Å². The summed E-state index contributed by atoms with van der Waals surface area (Å²) in [5, 5.41) is 2.88. The van der Waals surface area contributed by atoms with Crippen LogP contribution < -0.4 is 11.1 Å². The Labute approximate surface area is 96.4 Å². The van der Waals surface area contributed by atoms with Crippen LogP contribution in [0.2, 0.25) is 0 Å². The molecule has 5 heteroatoms. The fraction of sp³-hybridized carbons (Fsp3) is 0.400. The van der Waals surface area contributed by atoms with Crippen LogP contribution in [0.25, 0.3) is 0 Å². The molecule has 0 aliphatic carbocycles. The van der Waals surface area contributed by atoms with Crippen LogP contribution in [0, 0.1) is 0 Å². The van der Waals surface area contributed by atoms with Crippen LogP contribution in [0.1, 0.15) is 24.4 Å². The predicted octanol–water partition coefficient (Wildman–Crippen LogP) is 1.12. The first-order chi connectivity index (χ1) is 7.16. The maximum absolute atomic E-state index is 11.3. The molecule has 1 aromatic rings. The zero-order chi connectivity index (χ0) is 10.8. The molecule has 4 nitrogen and oxygen atoms in total. The average Bonchev–Trinajstić information content (AvgIpc) is 2.22. The number of halogens is 1. The average molecular weight is 270 g/mol. The summed E-state index contributed by atoms with van der Waals surface area (Å²) in [7, 11) is 0. The summed E-state index contributed by atoms with van der Waals surface area (Å²) < 4.78 is 0.895. The highest BCUT2D eigenvalue weighted by Crippen LogP contribution is 2.23. The Morgan fingerprint density at radius 3 is 3.07 bits per heavy atom. The van der Waals surface area contributed by atoms with Crippen molar-refractivity contribution in [1.29, 1.82) is 0 Å². The van der Waals surface area contributed by atoms with Gasteiger partial charge in [-0.25, -0.2) is 0 Å². The number of carbonyl (C=O) groups is 1. The lowest BCUT2D eigenvalue weighted by Gasteiger charge is -2.29. The fourth-order valence-electron chi connectivity index (χ4n) is 1.75. The maximum atomic E-state index is 11.3. The monoisotopic (exact) mass is 269 g/mol. The Kier molecular flexibility index (Phi) is 3.02. The Morgan fingerprint density at radius 1 is 1.53 bits per heavy atom. The Balaban J connectivity index is 2.24. The molecule has 15 heavy (non-hydrogen) atoms. The van der Waals surface area contributed by atoms with Crippen molar-refractivity contribution in [2.45, 2.75) is 24.9 Å². The van der Waals surface area contributed by atoms with Gasteiger partial charge in [0.25, 0.3) is 0 Å². The lowest BCUT2D eigenvalue weighted by atomic mass is 9.94. The third kappa shape index (κ3) is 2.35. The van der Waals surface area contributed by atoms with Crippen molar-refractivity contribution in [3.63, 3.8) is 0 Å². The Bertz CT molecular complexity index is 383. The van der Waals surface area contributed by atoms with E-state index in [2.05, 4.69) is 26.2 Å². The van der Waals surface area contributed by atoms with E-state index in [-0.39, 0.29) is 18.0 Å². The molecule has 1 aliphatic rings. The predicted molar refractivity (Wildman–Crippen MR) is 60.0 cm³/mol. The van der Waals surface area contributed by atoms with E-state index < -0.39 is 0 Å². The van der Waals surface area contributed by atoms with Gasteiger partial charge in [0.05, 0.1) is 6.04 Å². The van der Waals surface area contributed by atoms with Crippen molar-refractivity contribution >= 4 is 21.8 Å². The molecule has 1 amide bonds. The smallest absolute Gasteiger partial charge is 0.220 e. The topological polar surface area (TPSA) is 68.0 Å². The minimum Gasteiger partial charge on any atom is -0.348 e. The van der Waals surface area contributed by atoms with Gasteiger partial charge in [-0.05, 0) is 34.0 Å². The molecule has 2 rings (SSSR count). The number of nitrogens with one attached hydrogen (secondary N) is 1. The minimum absolute atomic E-state index is 0.0289. The summed E-state index contributed by atoms with van der Waals surface area (Å²) in [6.07, 6.45) is 4.68. The number of rotatable bonds is 1. The van der Waals surface area contributed by atoms with Gasteiger partial charge in [0.2, 0.25) is 5.91 Å². The molecule has 1 saturated heterocycles. The van der Waals surface area contributed by atoms with Crippen LogP contribution in [0.15, 0.2) is 22.9 Å². The number of amides is 1. The molecule has 3 N–H and O–H groups in total. The van der Waals surface area contributed by atoms with E-state index in [1.807, 2.05) is 6.07 Å². The van der Waals surface area contributed by atoms with Crippen molar-refractivity contribution in [1.82, 2.24) is 10.3 Å². The standard InChI is InChI=1S/C10H12BrN3O/c11-7-3-6(4-13-5-7)10-8(12)1-2-9(15)14-10/h3-5,8,10H,1-2,12H2,(H,14,15). The van der Waals surface area contributed by atoms with Crippen LogP contribution in [0.4, 0.5) is 0 Å². The number of nitrogens with two attached hydrogens (primary N) is 1. The number of hydrogen-bond donors (Lipinski definition) is 2. The summed E-state index contributed by atoms with van der Waals surface area (Å²) in [6.45, 7) is 0. The highest BCUT2D eigenvalue weighted by molar-refractivity contribution is 9.10. The first kappa shape index (κ1) is 10.6. The van der Waals surface area contributed by atoms with Crippen molar-refractivity contribution in [2.75, 3.05) is 0 Å². The van der Waals surface area contributed by atoms with Crippen molar-refractivity contribution < 1.29 is 4.79 Å². The molecule has 2 unspecified atom stereocenters. The molecule has 2 atom stereocenters. The first-order valence-corrected chi connectivity index (χ1v) is 5.61. The summed E-state index contributed by atoms with van der Waals surface area (Å²) in [6, 6.07) is 1.79. The van der Waals surface area contributed by atoms with Crippen molar-refractivity contribution in [3.05, 3.63) is 28.5 Å². The zero-order valence-electron chi connectivity index (χ0n) is 8.11. The van der Waals surface area contributed by atoms with Gasteiger partial charge >= 0.3 is 0 Å². The van der Waals surface area contributed by atoms with E-state index in [1.165, 1.54) is 0 Å². The number of piperidine rings is 1. The summed E-state index contributed by atoms with van der Waals surface area (Å²) >= 11 is 3.35. The third-order valence-corrected chi connectivity index (χ3v) is 2.97. The molecular weight excluding hydrogens is 258 g/mol. The zero-order valence-corrected chi connectivity index (χ0v) is 9.70. The second-order valence-corrected chi connectivity index (χ2v) is 4.60. The highest BCUT2D eigenvalue weighted by Gasteiger charge is 2.27. The molecule has 0 aromatic carbocycles. The largest absolute Gasteiger partial charge is 0.348 e. The molecule has 1 fully saturated rings. The lowest BCUT2D eigenvalue weighted by Crippen LogP contribution is -2.45. The van der Waals surface area contributed by atoms with E-state index in [0.717, 1.165) is 16.5 Å². The van der Waals surface area contributed by atoms with Crippen LogP contribution in [0.3, 0.4) is 0 Å². The number of carbonyl (C=O) groups excluding carboxylic acids is 1. The molecule has 0 spiro atoms. The SMILES string of the molecule is NC1CCC(=O)NC1c1cncc(Br)c1. The van der Waals surface area contributed by atoms with Gasteiger partial charge in [-0.3, -0.25) is 9.78 Å². The van der Waals surface area contributed by atoms with E-state index in [4.69, 9.17) is 5.73 Å². The highest BCUT2D eigenvalue weighted by atomic mass is 79.9. The first-order valence-electron chi connectivity index (χ1n) is 4.82. The quantitative estimate of drug-likeness (QED) is 0.803. The number of hydrogen-bond acceptors (Lipinski definition) is 3. The van der Waals surface area contributed by atoms with Gasteiger partial charge < -0.3 is 11.1 Å². The van der Waals surface area contributed by atoms with Gasteiger partial charge in [0, 0.05) is 29.3 Å². The minimum atomic E-state index is -0.115. The maximum Gasteiger partial charge on any atom is 0.220 e. The van der Waals surface area contributed by atoms with Crippen molar-refractivity contribution in [2.24, 2.45) is 5.73 Å². The second-order valence-electron chi connectivity index (χ2n) is 3.68. The molecule has 2 heterocycles. The Morgan fingerprint density at radius 2 is 2.33 bits per heavy atom. The molecule has 0 radical (unpaired) electrons. The second kappa shape index (κ2) is 4.28. The number of pyridine rings is 1. The van der Waals surface area contributed by atoms with Crippen LogP contribution >= 0.6 is 15.9 Å². The van der Waals surface area contributed by atoms with Crippen molar-refractivity contribution in [3.8, 4) is 0 Å². The van der Waals surface area contributed by atoms with Gasteiger partial charge in [0.1, 0.15) is 0 Å². The molecule has 1 aliphatic heterocycles. The van der Waals surface area contributed by atoms with E-state index in [1.54, 1.807) is 12.4 Å². The van der Waals surface area contributed by atoms with E-state index in [9.17, 15) is 4.79 Å². The van der Waals surface area contributed by atoms with Gasteiger partial charge in [-0.1, -0.05) is 0 Å². The van der Waals surface area contributed by atoms with E-state index >= 15 is 0 Å². The summed E-state index contributed by atoms with van der Waals surface area (Å²) in [5.41, 5.74) is 6.91. The molecule has 0 bridgehead atoms. The van der Waals surface area contributed by atoms with Crippen LogP contribution in [0.5, 0.6) is 0 Å². The van der Waals surface area contributed by atoms with Gasteiger partial charge in [-0.15, -0.1) is 0 Å². The number of nitrogens with zero attached hydrogens (tertiary/aromatic N) is 1.